The van der Waals surface area contributed by atoms with Crippen molar-refractivity contribution in [2.75, 3.05) is 5.75 Å². The van der Waals surface area contributed by atoms with Crippen LogP contribution in [0.15, 0.2) is 35.5 Å². The van der Waals surface area contributed by atoms with Crippen LogP contribution in [0.4, 0.5) is 0 Å². The second kappa shape index (κ2) is 6.73. The van der Waals surface area contributed by atoms with E-state index in [2.05, 4.69) is 21.5 Å². The minimum absolute atomic E-state index is 0.0980. The molecule has 27 heavy (non-hydrogen) atoms. The predicted octanol–water partition coefficient (Wildman–Crippen LogP) is 4.37. The number of hydrogen-bond donors (Lipinski definition) is 0. The Labute approximate surface area is 164 Å². The number of carbonyl (C=O) groups excluding carboxylic acids is 1. The SMILES string of the molecule is CCc1nc2sc3c(c2c2nnc(SCC(=O)c4ccccc4)n12)CCC3. The van der Waals surface area contributed by atoms with E-state index in [-0.39, 0.29) is 5.78 Å². The first-order valence-electron chi connectivity index (χ1n) is 9.15. The van der Waals surface area contributed by atoms with Crippen LogP contribution < -0.4 is 0 Å². The molecule has 0 bridgehead atoms. The van der Waals surface area contributed by atoms with Crippen LogP contribution in [0, 0.1) is 0 Å². The average Bonchev–Trinajstić information content (AvgIpc) is 3.40. The summed E-state index contributed by atoms with van der Waals surface area (Å²) in [6.07, 6.45) is 4.25. The third-order valence-electron chi connectivity index (χ3n) is 4.99. The Morgan fingerprint density at radius 3 is 2.89 bits per heavy atom. The minimum atomic E-state index is 0.0980. The van der Waals surface area contributed by atoms with E-state index in [9.17, 15) is 4.79 Å². The van der Waals surface area contributed by atoms with E-state index >= 15 is 0 Å². The zero-order chi connectivity index (χ0) is 18.4. The van der Waals surface area contributed by atoms with Crippen molar-refractivity contribution in [3.63, 3.8) is 0 Å². The van der Waals surface area contributed by atoms with Gasteiger partial charge in [-0.3, -0.25) is 9.20 Å². The Kier molecular flexibility index (Phi) is 4.21. The zero-order valence-electron chi connectivity index (χ0n) is 14.9. The molecule has 0 fully saturated rings. The summed E-state index contributed by atoms with van der Waals surface area (Å²) in [5.41, 5.74) is 3.02. The number of Topliss-reactive ketones (excluding diaryl/α,β-unsaturated/α-hetero) is 1. The van der Waals surface area contributed by atoms with Crippen molar-refractivity contribution in [1.82, 2.24) is 19.6 Å². The predicted molar refractivity (Wildman–Crippen MR) is 109 cm³/mol. The minimum Gasteiger partial charge on any atom is -0.293 e. The fraction of sp³-hybridized carbons (Fsp3) is 0.300. The molecule has 5 nitrogen and oxygen atoms in total. The number of hydrogen-bond acceptors (Lipinski definition) is 6. The number of benzene rings is 1. The average molecular weight is 395 g/mol. The number of rotatable bonds is 5. The van der Waals surface area contributed by atoms with E-state index in [1.807, 2.05) is 30.3 Å². The molecule has 0 atom stereocenters. The van der Waals surface area contributed by atoms with E-state index in [1.54, 1.807) is 11.3 Å². The lowest BCUT2D eigenvalue weighted by Gasteiger charge is -2.06. The highest BCUT2D eigenvalue weighted by molar-refractivity contribution is 7.99. The Morgan fingerprint density at radius 1 is 1.22 bits per heavy atom. The van der Waals surface area contributed by atoms with Gasteiger partial charge in [-0.1, -0.05) is 49.0 Å². The highest BCUT2D eigenvalue weighted by Gasteiger charge is 2.24. The molecule has 0 unspecified atom stereocenters. The molecule has 7 heteroatoms. The molecular formula is C20H18N4OS2. The van der Waals surface area contributed by atoms with Crippen LogP contribution >= 0.6 is 23.1 Å². The summed E-state index contributed by atoms with van der Waals surface area (Å²) < 4.78 is 2.05. The van der Waals surface area contributed by atoms with Gasteiger partial charge in [0.1, 0.15) is 10.7 Å². The van der Waals surface area contributed by atoms with Gasteiger partial charge >= 0.3 is 0 Å². The summed E-state index contributed by atoms with van der Waals surface area (Å²) in [6, 6.07) is 9.39. The number of aryl methyl sites for hydroxylation is 3. The molecule has 3 aromatic heterocycles. The van der Waals surface area contributed by atoms with Crippen LogP contribution in [0.5, 0.6) is 0 Å². The van der Waals surface area contributed by atoms with Crippen LogP contribution in [-0.2, 0) is 19.3 Å². The third kappa shape index (κ3) is 2.76. The van der Waals surface area contributed by atoms with Crippen molar-refractivity contribution in [3.8, 4) is 0 Å². The maximum Gasteiger partial charge on any atom is 0.197 e. The maximum absolute atomic E-state index is 12.5. The van der Waals surface area contributed by atoms with Gasteiger partial charge in [0, 0.05) is 16.9 Å². The van der Waals surface area contributed by atoms with Crippen molar-refractivity contribution < 1.29 is 4.79 Å². The van der Waals surface area contributed by atoms with Crippen LogP contribution in [-0.4, -0.2) is 31.1 Å². The van der Waals surface area contributed by atoms with Crippen molar-refractivity contribution >= 4 is 44.7 Å². The molecular weight excluding hydrogens is 376 g/mol. The largest absolute Gasteiger partial charge is 0.293 e. The molecule has 0 saturated heterocycles. The van der Waals surface area contributed by atoms with E-state index in [1.165, 1.54) is 34.0 Å². The molecule has 3 heterocycles. The summed E-state index contributed by atoms with van der Waals surface area (Å²) in [5, 5.41) is 10.8. The van der Waals surface area contributed by atoms with E-state index in [0.717, 1.165) is 46.3 Å². The first-order chi connectivity index (χ1) is 13.3. The monoisotopic (exact) mass is 394 g/mol. The molecule has 4 aromatic rings. The highest BCUT2D eigenvalue weighted by atomic mass is 32.2. The van der Waals surface area contributed by atoms with Crippen LogP contribution in [0.2, 0.25) is 0 Å². The number of carbonyl (C=O) groups is 1. The second-order valence-electron chi connectivity index (χ2n) is 6.64. The fourth-order valence-corrected chi connectivity index (χ4v) is 5.82. The quantitative estimate of drug-likeness (QED) is 0.372. The molecule has 0 radical (unpaired) electrons. The van der Waals surface area contributed by atoms with E-state index in [4.69, 9.17) is 4.98 Å². The lowest BCUT2D eigenvalue weighted by atomic mass is 10.2. The molecule has 136 valence electrons. The van der Waals surface area contributed by atoms with Gasteiger partial charge in [-0.15, -0.1) is 21.5 Å². The number of nitrogens with zero attached hydrogens (tertiary/aromatic N) is 4. The smallest absolute Gasteiger partial charge is 0.197 e. The van der Waals surface area contributed by atoms with Gasteiger partial charge in [0.15, 0.2) is 16.6 Å². The number of aromatic nitrogens is 4. The van der Waals surface area contributed by atoms with Gasteiger partial charge in [0.25, 0.3) is 0 Å². The molecule has 1 aliphatic rings. The number of ketones is 1. The molecule has 0 N–H and O–H groups in total. The van der Waals surface area contributed by atoms with Gasteiger partial charge in [-0.05, 0) is 24.8 Å². The molecule has 0 spiro atoms. The summed E-state index contributed by atoms with van der Waals surface area (Å²) >= 11 is 3.24. The van der Waals surface area contributed by atoms with E-state index < -0.39 is 0 Å². The standard InChI is InChI=1S/C20H18N4OS2/c1-2-16-21-19-17(13-9-6-10-15(13)27-19)18-22-23-20(24(16)18)26-11-14(25)12-7-4-3-5-8-12/h3-5,7-8H,2,6,9-11H2,1H3. The fourth-order valence-electron chi connectivity index (χ4n) is 3.70. The molecule has 1 aromatic carbocycles. The van der Waals surface area contributed by atoms with Crippen molar-refractivity contribution in [2.45, 2.75) is 37.8 Å². The lowest BCUT2D eigenvalue weighted by molar-refractivity contribution is 0.102. The van der Waals surface area contributed by atoms with Gasteiger partial charge in [-0.2, -0.15) is 0 Å². The topological polar surface area (TPSA) is 60.2 Å². The van der Waals surface area contributed by atoms with Gasteiger partial charge < -0.3 is 0 Å². The first-order valence-corrected chi connectivity index (χ1v) is 11.0. The Hall–Kier alpha value is -2.25. The van der Waals surface area contributed by atoms with Crippen molar-refractivity contribution in [3.05, 3.63) is 52.2 Å². The molecule has 0 saturated carbocycles. The van der Waals surface area contributed by atoms with Gasteiger partial charge in [0.05, 0.1) is 11.1 Å². The molecule has 5 rings (SSSR count). The second-order valence-corrected chi connectivity index (χ2v) is 8.66. The van der Waals surface area contributed by atoms with Crippen LogP contribution in [0.3, 0.4) is 0 Å². The van der Waals surface area contributed by atoms with Gasteiger partial charge in [-0.25, -0.2) is 4.98 Å². The normalized spacial score (nSPS) is 13.5. The molecule has 1 aliphatic carbocycles. The number of fused-ring (bicyclic) bond motifs is 5. The van der Waals surface area contributed by atoms with Crippen LogP contribution in [0.25, 0.3) is 15.9 Å². The number of thioether (sulfide) groups is 1. The molecule has 0 aliphatic heterocycles. The Bertz CT molecular complexity index is 1160. The molecule has 0 amide bonds. The Morgan fingerprint density at radius 2 is 2.07 bits per heavy atom. The van der Waals surface area contributed by atoms with Gasteiger partial charge in [0.2, 0.25) is 0 Å². The first kappa shape index (κ1) is 16.9. The van der Waals surface area contributed by atoms with Crippen molar-refractivity contribution in [2.24, 2.45) is 0 Å². The summed E-state index contributed by atoms with van der Waals surface area (Å²) in [5.74, 6) is 1.39. The summed E-state index contributed by atoms with van der Waals surface area (Å²) in [6.45, 7) is 2.10. The summed E-state index contributed by atoms with van der Waals surface area (Å²) in [7, 11) is 0. The maximum atomic E-state index is 12.5. The Balaban J connectivity index is 1.55. The summed E-state index contributed by atoms with van der Waals surface area (Å²) in [4.78, 5) is 19.9. The zero-order valence-corrected chi connectivity index (χ0v) is 16.6. The van der Waals surface area contributed by atoms with Crippen LogP contribution in [0.1, 0.15) is 40.0 Å². The van der Waals surface area contributed by atoms with E-state index in [0.29, 0.717) is 5.75 Å². The number of thiophene rings is 1. The third-order valence-corrected chi connectivity index (χ3v) is 7.11. The lowest BCUT2D eigenvalue weighted by Crippen LogP contribution is -2.05. The van der Waals surface area contributed by atoms with Crippen molar-refractivity contribution in [1.29, 1.82) is 0 Å². The highest BCUT2D eigenvalue weighted by Crippen LogP contribution is 2.39.